The third-order valence-corrected chi connectivity index (χ3v) is 4.82. The van der Waals surface area contributed by atoms with Crippen LogP contribution in [0.15, 0.2) is 34.9 Å². The number of benzene rings is 1. The molecular formula is C18H25N3O4. The van der Waals surface area contributed by atoms with Gasteiger partial charge in [0.1, 0.15) is 6.61 Å². The number of aromatic nitrogens is 2. The molecule has 2 aromatic rings. The highest BCUT2D eigenvalue weighted by Crippen LogP contribution is 2.34. The Hall–Kier alpha value is -1.80. The number of ether oxygens (including phenoxy) is 1. The average Bonchev–Trinajstić information content (AvgIpc) is 3.06. The van der Waals surface area contributed by atoms with E-state index in [0.717, 1.165) is 12.1 Å². The largest absolute Gasteiger partial charge is 0.396 e. The number of rotatable bonds is 7. The van der Waals surface area contributed by atoms with Crippen LogP contribution >= 0.6 is 0 Å². The number of aliphatic hydroxyl groups excluding tert-OH is 2. The van der Waals surface area contributed by atoms with E-state index in [-0.39, 0.29) is 6.61 Å². The van der Waals surface area contributed by atoms with Gasteiger partial charge in [-0.1, -0.05) is 35.5 Å². The summed E-state index contributed by atoms with van der Waals surface area (Å²) in [6.07, 6.45) is 0.688. The Bertz CT molecular complexity index is 663. The normalized spacial score (nSPS) is 24.5. The molecular weight excluding hydrogens is 322 g/mol. The van der Waals surface area contributed by atoms with Gasteiger partial charge in [-0.05, 0) is 18.4 Å². The van der Waals surface area contributed by atoms with E-state index in [9.17, 15) is 10.2 Å². The van der Waals surface area contributed by atoms with E-state index in [4.69, 9.17) is 9.26 Å². The number of piperidine rings is 1. The Balaban J connectivity index is 1.70. The minimum atomic E-state index is -0.588. The zero-order valence-corrected chi connectivity index (χ0v) is 14.5. The van der Waals surface area contributed by atoms with Crippen molar-refractivity contribution in [3.63, 3.8) is 0 Å². The third-order valence-electron chi connectivity index (χ3n) is 4.82. The lowest BCUT2D eigenvalue weighted by Gasteiger charge is -2.45. The van der Waals surface area contributed by atoms with Crippen LogP contribution in [0.4, 0.5) is 0 Å². The maximum atomic E-state index is 10.6. The number of aliphatic hydroxyl groups is 2. The Morgan fingerprint density at radius 1 is 1.36 bits per heavy atom. The van der Waals surface area contributed by atoms with Crippen LogP contribution in [-0.2, 0) is 24.3 Å². The summed E-state index contributed by atoms with van der Waals surface area (Å²) in [6, 6.07) is 9.97. The molecule has 0 aliphatic carbocycles. The van der Waals surface area contributed by atoms with Crippen molar-refractivity contribution in [2.24, 2.45) is 5.41 Å². The van der Waals surface area contributed by atoms with Gasteiger partial charge in [0.05, 0.1) is 19.3 Å². The van der Waals surface area contributed by atoms with Gasteiger partial charge in [0.2, 0.25) is 5.89 Å². The predicted octanol–water partition coefficient (Wildman–Crippen LogP) is 1.00. The summed E-state index contributed by atoms with van der Waals surface area (Å²) in [6.45, 7) is 2.04. The van der Waals surface area contributed by atoms with Crippen LogP contribution in [0.25, 0.3) is 0 Å². The Morgan fingerprint density at radius 2 is 2.16 bits per heavy atom. The minimum Gasteiger partial charge on any atom is -0.396 e. The van der Waals surface area contributed by atoms with Gasteiger partial charge >= 0.3 is 0 Å². The van der Waals surface area contributed by atoms with Crippen LogP contribution in [0.5, 0.6) is 0 Å². The molecule has 0 spiro atoms. The molecule has 3 rings (SSSR count). The van der Waals surface area contributed by atoms with Gasteiger partial charge in [0.25, 0.3) is 0 Å². The van der Waals surface area contributed by atoms with Crippen molar-refractivity contribution in [2.45, 2.75) is 32.1 Å². The fourth-order valence-electron chi connectivity index (χ4n) is 3.50. The van der Waals surface area contributed by atoms with Crippen molar-refractivity contribution >= 4 is 0 Å². The zero-order valence-electron chi connectivity index (χ0n) is 14.5. The highest BCUT2D eigenvalue weighted by atomic mass is 16.5. The van der Waals surface area contributed by atoms with Crippen molar-refractivity contribution in [3.8, 4) is 0 Å². The molecule has 0 bridgehead atoms. The molecule has 1 aliphatic heterocycles. The molecule has 0 saturated carbocycles. The van der Waals surface area contributed by atoms with Gasteiger partial charge in [-0.2, -0.15) is 4.98 Å². The smallest absolute Gasteiger partial charge is 0.240 e. The van der Waals surface area contributed by atoms with E-state index >= 15 is 0 Å². The molecule has 0 amide bonds. The quantitative estimate of drug-likeness (QED) is 0.772. The highest BCUT2D eigenvalue weighted by Gasteiger charge is 2.42. The molecule has 2 heterocycles. The van der Waals surface area contributed by atoms with Gasteiger partial charge in [-0.25, -0.2) is 0 Å². The first-order chi connectivity index (χ1) is 12.1. The van der Waals surface area contributed by atoms with Crippen LogP contribution in [0.3, 0.4) is 0 Å². The van der Waals surface area contributed by atoms with E-state index in [1.165, 1.54) is 0 Å². The first-order valence-corrected chi connectivity index (χ1v) is 8.51. The van der Waals surface area contributed by atoms with E-state index in [1.807, 2.05) is 30.3 Å². The highest BCUT2D eigenvalue weighted by molar-refractivity contribution is 5.18. The van der Waals surface area contributed by atoms with Crippen molar-refractivity contribution in [2.75, 3.05) is 26.8 Å². The summed E-state index contributed by atoms with van der Waals surface area (Å²) < 4.78 is 10.3. The number of hydrogen-bond donors (Lipinski definition) is 2. The van der Waals surface area contributed by atoms with Gasteiger partial charge in [0, 0.05) is 25.6 Å². The summed E-state index contributed by atoms with van der Waals surface area (Å²) in [5.74, 6) is 1.04. The lowest BCUT2D eigenvalue weighted by atomic mass is 9.73. The van der Waals surface area contributed by atoms with Crippen LogP contribution < -0.4 is 0 Å². The van der Waals surface area contributed by atoms with E-state index in [0.29, 0.717) is 44.3 Å². The summed E-state index contributed by atoms with van der Waals surface area (Å²) in [7, 11) is 1.58. The van der Waals surface area contributed by atoms with Gasteiger partial charge in [-0.15, -0.1) is 0 Å². The molecule has 1 aliphatic rings. The molecule has 1 saturated heterocycles. The first-order valence-electron chi connectivity index (χ1n) is 8.51. The third kappa shape index (κ3) is 4.24. The topological polar surface area (TPSA) is 91.9 Å². The Labute approximate surface area is 147 Å². The molecule has 2 atom stereocenters. The SMILES string of the molecule is COCc1noc(CN2CC[C@@H](O)[C@@](CO)(Cc3ccccc3)C2)n1. The fourth-order valence-corrected chi connectivity index (χ4v) is 3.50. The van der Waals surface area contributed by atoms with Crippen LogP contribution in [-0.4, -0.2) is 58.2 Å². The molecule has 0 radical (unpaired) electrons. The average molecular weight is 347 g/mol. The lowest BCUT2D eigenvalue weighted by Crippen LogP contribution is -2.54. The minimum absolute atomic E-state index is 0.0711. The number of hydrogen-bond acceptors (Lipinski definition) is 7. The number of likely N-dealkylation sites (tertiary alicyclic amines) is 1. The van der Waals surface area contributed by atoms with E-state index < -0.39 is 11.5 Å². The van der Waals surface area contributed by atoms with Crippen molar-refractivity contribution in [1.29, 1.82) is 0 Å². The second kappa shape index (κ2) is 8.05. The lowest BCUT2D eigenvalue weighted by molar-refractivity contribution is -0.0784. The van der Waals surface area contributed by atoms with Crippen molar-refractivity contribution < 1.29 is 19.5 Å². The van der Waals surface area contributed by atoms with Crippen molar-refractivity contribution in [1.82, 2.24) is 15.0 Å². The molecule has 7 heteroatoms. The molecule has 7 nitrogen and oxygen atoms in total. The number of methoxy groups -OCH3 is 1. The van der Waals surface area contributed by atoms with Gasteiger partial charge in [0.15, 0.2) is 5.82 Å². The van der Waals surface area contributed by atoms with Crippen LogP contribution in [0.1, 0.15) is 23.7 Å². The molecule has 25 heavy (non-hydrogen) atoms. The second-order valence-electron chi connectivity index (χ2n) is 6.74. The predicted molar refractivity (Wildman–Crippen MR) is 90.6 cm³/mol. The Morgan fingerprint density at radius 3 is 2.88 bits per heavy atom. The summed E-state index contributed by atoms with van der Waals surface area (Å²) >= 11 is 0. The first kappa shape index (κ1) is 18.0. The van der Waals surface area contributed by atoms with Crippen LogP contribution in [0.2, 0.25) is 0 Å². The second-order valence-corrected chi connectivity index (χ2v) is 6.74. The maximum Gasteiger partial charge on any atom is 0.240 e. The Kier molecular flexibility index (Phi) is 5.80. The molecule has 1 aromatic carbocycles. The maximum absolute atomic E-state index is 10.6. The summed E-state index contributed by atoms with van der Waals surface area (Å²) in [5, 5.41) is 24.5. The van der Waals surface area contributed by atoms with E-state index in [2.05, 4.69) is 15.0 Å². The van der Waals surface area contributed by atoms with E-state index in [1.54, 1.807) is 7.11 Å². The molecule has 1 aromatic heterocycles. The van der Waals surface area contributed by atoms with Crippen molar-refractivity contribution in [3.05, 3.63) is 47.6 Å². The van der Waals surface area contributed by atoms with Gasteiger partial charge < -0.3 is 19.5 Å². The molecule has 2 N–H and O–H groups in total. The number of nitrogens with zero attached hydrogens (tertiary/aromatic N) is 3. The van der Waals surface area contributed by atoms with Crippen LogP contribution in [0, 0.1) is 5.41 Å². The standard InChI is InChI=1S/C18H25N3O4/c1-24-11-16-19-17(25-20-16)10-21-8-7-15(23)18(12-21,13-22)9-14-5-3-2-4-6-14/h2-6,15,22-23H,7-13H2,1H3/t15-,18+/m1/s1. The molecule has 136 valence electrons. The summed E-state index contributed by atoms with van der Waals surface area (Å²) in [5.41, 5.74) is 0.521. The molecule has 0 unspecified atom stereocenters. The van der Waals surface area contributed by atoms with Gasteiger partial charge in [-0.3, -0.25) is 4.90 Å². The zero-order chi connectivity index (χ0) is 17.7. The monoisotopic (exact) mass is 347 g/mol. The molecule has 1 fully saturated rings. The fraction of sp³-hybridized carbons (Fsp3) is 0.556. The summed E-state index contributed by atoms with van der Waals surface area (Å²) in [4.78, 5) is 6.45.